The lowest BCUT2D eigenvalue weighted by Gasteiger charge is -2.36. The SMILES string of the molecule is Cl.Cl.FC(F)n1ccnc1CN1CCNCC1c1cccnc1. The van der Waals surface area contributed by atoms with E-state index in [0.717, 1.165) is 29.8 Å². The molecule has 0 aliphatic carbocycles. The molecule has 128 valence electrons. The number of alkyl halides is 2. The first-order valence-electron chi connectivity index (χ1n) is 6.90. The fraction of sp³-hybridized carbons (Fsp3) is 0.429. The molecule has 1 atom stereocenters. The zero-order valence-corrected chi connectivity index (χ0v) is 13.9. The minimum absolute atomic E-state index is 0. The van der Waals surface area contributed by atoms with Gasteiger partial charge >= 0.3 is 6.55 Å². The lowest BCUT2D eigenvalue weighted by Crippen LogP contribution is -2.45. The van der Waals surface area contributed by atoms with Crippen LogP contribution in [0.2, 0.25) is 0 Å². The van der Waals surface area contributed by atoms with E-state index in [0.29, 0.717) is 12.4 Å². The number of nitrogens with one attached hydrogen (secondary N) is 1. The molecule has 0 bridgehead atoms. The van der Waals surface area contributed by atoms with Gasteiger partial charge in [-0.3, -0.25) is 14.5 Å². The average Bonchev–Trinajstić information content (AvgIpc) is 2.97. The molecule has 1 unspecified atom stereocenters. The first-order chi connectivity index (χ1) is 10.3. The van der Waals surface area contributed by atoms with Gasteiger partial charge in [0.25, 0.3) is 0 Å². The van der Waals surface area contributed by atoms with Crippen molar-refractivity contribution >= 4 is 24.8 Å². The quantitative estimate of drug-likeness (QED) is 0.904. The molecule has 0 aromatic carbocycles. The van der Waals surface area contributed by atoms with Crippen molar-refractivity contribution in [2.24, 2.45) is 0 Å². The van der Waals surface area contributed by atoms with E-state index in [9.17, 15) is 8.78 Å². The molecule has 5 nitrogen and oxygen atoms in total. The van der Waals surface area contributed by atoms with E-state index in [4.69, 9.17) is 0 Å². The summed E-state index contributed by atoms with van der Waals surface area (Å²) in [5, 5.41) is 3.34. The molecule has 1 aliphatic heterocycles. The zero-order chi connectivity index (χ0) is 14.7. The van der Waals surface area contributed by atoms with E-state index in [1.807, 2.05) is 18.3 Å². The maximum absolute atomic E-state index is 12.9. The number of aromatic nitrogens is 3. The summed E-state index contributed by atoms with van der Waals surface area (Å²) in [6.07, 6.45) is 6.29. The summed E-state index contributed by atoms with van der Waals surface area (Å²) in [6, 6.07) is 4.02. The van der Waals surface area contributed by atoms with Crippen molar-refractivity contribution < 1.29 is 8.78 Å². The molecule has 1 aliphatic rings. The number of hydrogen-bond donors (Lipinski definition) is 1. The van der Waals surface area contributed by atoms with Crippen molar-refractivity contribution in [1.29, 1.82) is 0 Å². The summed E-state index contributed by atoms with van der Waals surface area (Å²) >= 11 is 0. The molecule has 1 saturated heterocycles. The molecule has 2 aromatic rings. The smallest absolute Gasteiger partial charge is 0.314 e. The van der Waals surface area contributed by atoms with Crippen LogP contribution in [-0.4, -0.2) is 39.1 Å². The van der Waals surface area contributed by atoms with Gasteiger partial charge in [-0.25, -0.2) is 4.98 Å². The Morgan fingerprint density at radius 3 is 2.83 bits per heavy atom. The Morgan fingerprint density at radius 2 is 2.13 bits per heavy atom. The predicted octanol–water partition coefficient (Wildman–Crippen LogP) is 2.66. The lowest BCUT2D eigenvalue weighted by atomic mass is 10.1. The van der Waals surface area contributed by atoms with Crippen LogP contribution in [0.5, 0.6) is 0 Å². The van der Waals surface area contributed by atoms with E-state index < -0.39 is 6.55 Å². The number of imidazole rings is 1. The van der Waals surface area contributed by atoms with Crippen LogP contribution in [0.3, 0.4) is 0 Å². The summed E-state index contributed by atoms with van der Waals surface area (Å²) in [5.41, 5.74) is 1.08. The normalized spacial score (nSPS) is 18.3. The van der Waals surface area contributed by atoms with Gasteiger partial charge in [-0.2, -0.15) is 8.78 Å². The third-order valence-corrected chi connectivity index (χ3v) is 3.73. The minimum atomic E-state index is -2.55. The molecule has 2 aromatic heterocycles. The van der Waals surface area contributed by atoms with Crippen molar-refractivity contribution in [2.75, 3.05) is 19.6 Å². The number of hydrogen-bond acceptors (Lipinski definition) is 4. The van der Waals surface area contributed by atoms with Gasteiger partial charge in [0.15, 0.2) is 0 Å². The zero-order valence-electron chi connectivity index (χ0n) is 12.3. The Balaban J connectivity index is 0.00000132. The molecule has 1 N–H and O–H groups in total. The van der Waals surface area contributed by atoms with E-state index in [-0.39, 0.29) is 30.9 Å². The van der Waals surface area contributed by atoms with Gasteiger partial charge in [-0.05, 0) is 11.6 Å². The predicted molar refractivity (Wildman–Crippen MR) is 88.2 cm³/mol. The highest BCUT2D eigenvalue weighted by atomic mass is 35.5. The molecule has 0 spiro atoms. The van der Waals surface area contributed by atoms with Gasteiger partial charge in [0, 0.05) is 50.5 Å². The third kappa shape index (κ3) is 4.60. The Hall–Kier alpha value is -1.28. The van der Waals surface area contributed by atoms with Gasteiger partial charge in [0.2, 0.25) is 0 Å². The molecule has 1 fully saturated rings. The number of rotatable bonds is 4. The first kappa shape index (κ1) is 19.8. The van der Waals surface area contributed by atoms with Gasteiger partial charge in [-0.1, -0.05) is 6.07 Å². The summed E-state index contributed by atoms with van der Waals surface area (Å²) < 4.78 is 26.8. The standard InChI is InChI=1S/C14H17F2N5.2ClH/c15-14(16)21-7-5-19-13(21)10-20-6-4-18-9-12(20)11-2-1-3-17-8-11;;/h1-3,5,7-8,12,14,18H,4,6,9-10H2;2*1H. The molecule has 0 amide bonds. The maximum atomic E-state index is 12.9. The second-order valence-electron chi connectivity index (χ2n) is 5.01. The van der Waals surface area contributed by atoms with Crippen LogP contribution in [0.4, 0.5) is 8.78 Å². The number of pyridine rings is 1. The second-order valence-corrected chi connectivity index (χ2v) is 5.01. The third-order valence-electron chi connectivity index (χ3n) is 3.73. The fourth-order valence-corrected chi connectivity index (χ4v) is 2.66. The van der Waals surface area contributed by atoms with Gasteiger partial charge in [-0.15, -0.1) is 24.8 Å². The summed E-state index contributed by atoms with van der Waals surface area (Å²) in [6.45, 7) is 0.254. The molecular weight excluding hydrogens is 347 g/mol. The van der Waals surface area contributed by atoms with Gasteiger partial charge < -0.3 is 5.32 Å². The Kier molecular flexibility index (Phi) is 7.84. The van der Waals surface area contributed by atoms with Crippen LogP contribution in [0, 0.1) is 0 Å². The van der Waals surface area contributed by atoms with Crippen molar-refractivity contribution in [1.82, 2.24) is 24.8 Å². The second kappa shape index (κ2) is 9.12. The van der Waals surface area contributed by atoms with E-state index in [2.05, 4.69) is 20.2 Å². The molecule has 3 rings (SSSR count). The van der Waals surface area contributed by atoms with Crippen LogP contribution in [-0.2, 0) is 6.54 Å². The fourth-order valence-electron chi connectivity index (χ4n) is 2.66. The summed E-state index contributed by atoms with van der Waals surface area (Å²) in [7, 11) is 0. The average molecular weight is 366 g/mol. The highest BCUT2D eigenvalue weighted by molar-refractivity contribution is 5.85. The summed E-state index contributed by atoms with van der Waals surface area (Å²) in [5.74, 6) is 0.390. The first-order valence-corrected chi connectivity index (χ1v) is 6.90. The van der Waals surface area contributed by atoms with Crippen molar-refractivity contribution in [3.63, 3.8) is 0 Å². The maximum Gasteiger partial charge on any atom is 0.319 e. The Morgan fingerprint density at radius 1 is 1.30 bits per heavy atom. The van der Waals surface area contributed by atoms with E-state index in [1.54, 1.807) is 6.20 Å². The molecule has 23 heavy (non-hydrogen) atoms. The Labute approximate surface area is 145 Å². The van der Waals surface area contributed by atoms with Crippen LogP contribution >= 0.6 is 24.8 Å². The highest BCUT2D eigenvalue weighted by Gasteiger charge is 2.25. The van der Waals surface area contributed by atoms with Crippen LogP contribution in [0.25, 0.3) is 0 Å². The van der Waals surface area contributed by atoms with Crippen LogP contribution < -0.4 is 5.32 Å². The largest absolute Gasteiger partial charge is 0.319 e. The summed E-state index contributed by atoms with van der Waals surface area (Å²) in [4.78, 5) is 10.4. The monoisotopic (exact) mass is 365 g/mol. The van der Waals surface area contributed by atoms with Crippen molar-refractivity contribution in [2.45, 2.75) is 19.1 Å². The molecule has 3 heterocycles. The van der Waals surface area contributed by atoms with Crippen LogP contribution in [0.1, 0.15) is 24.0 Å². The minimum Gasteiger partial charge on any atom is -0.314 e. The lowest BCUT2D eigenvalue weighted by molar-refractivity contribution is 0.0604. The molecule has 9 heteroatoms. The van der Waals surface area contributed by atoms with E-state index in [1.165, 1.54) is 12.4 Å². The van der Waals surface area contributed by atoms with Crippen molar-refractivity contribution in [3.05, 3.63) is 48.3 Å². The van der Waals surface area contributed by atoms with Crippen molar-refractivity contribution in [3.8, 4) is 0 Å². The van der Waals surface area contributed by atoms with E-state index >= 15 is 0 Å². The molecule has 0 radical (unpaired) electrons. The topological polar surface area (TPSA) is 46.0 Å². The van der Waals surface area contributed by atoms with Crippen LogP contribution in [0.15, 0.2) is 36.9 Å². The van der Waals surface area contributed by atoms with Gasteiger partial charge in [0.05, 0.1) is 6.54 Å². The molecular formula is C14H19Cl2F2N5. The number of piperazine rings is 1. The number of halogens is 4. The molecule has 0 saturated carbocycles. The highest BCUT2D eigenvalue weighted by Crippen LogP contribution is 2.24. The van der Waals surface area contributed by atoms with Gasteiger partial charge in [0.1, 0.15) is 5.82 Å². The Bertz CT molecular complexity index is 582. The number of nitrogens with zero attached hydrogens (tertiary/aromatic N) is 4.